The lowest BCUT2D eigenvalue weighted by Crippen LogP contribution is -2.02. The van der Waals surface area contributed by atoms with E-state index in [-0.39, 0.29) is 5.75 Å². The Hall–Kier alpha value is -1.59. The summed E-state index contributed by atoms with van der Waals surface area (Å²) in [6.45, 7) is 2.17. The summed E-state index contributed by atoms with van der Waals surface area (Å²) in [5.74, 6) is 0.354. The minimum Gasteiger partial charge on any atom is -0.504 e. The number of carbonyl (C=O) groups excluding carboxylic acids is 1. The smallest absolute Gasteiger partial charge is 0.161 e. The highest BCUT2D eigenvalue weighted by molar-refractivity contribution is 5.76. The summed E-state index contributed by atoms with van der Waals surface area (Å²) in [5.41, 5.74) is 0.486. The van der Waals surface area contributed by atoms with Gasteiger partial charge in [-0.15, -0.1) is 0 Å². The third-order valence-electron chi connectivity index (χ3n) is 2.91. The van der Waals surface area contributed by atoms with E-state index in [1.165, 1.54) is 44.6 Å². The molecule has 21 heavy (non-hydrogen) atoms. The van der Waals surface area contributed by atoms with Crippen LogP contribution >= 0.6 is 0 Å². The van der Waals surface area contributed by atoms with Gasteiger partial charge in [0.2, 0.25) is 0 Å². The van der Waals surface area contributed by atoms with Crippen molar-refractivity contribution in [1.29, 1.82) is 0 Å². The van der Waals surface area contributed by atoms with Crippen molar-refractivity contribution >= 4 is 6.29 Å². The van der Waals surface area contributed by atoms with Crippen LogP contribution in [0.4, 0.5) is 0 Å². The summed E-state index contributed by atoms with van der Waals surface area (Å²) in [7, 11) is 1.43. The van der Waals surface area contributed by atoms with E-state index in [9.17, 15) is 4.79 Å². The van der Waals surface area contributed by atoms with Gasteiger partial charge in [-0.2, -0.15) is 0 Å². The normalized spacial score (nSPS) is 9.95. The van der Waals surface area contributed by atoms with Gasteiger partial charge in [-0.3, -0.25) is 4.79 Å². The van der Waals surface area contributed by atoms with Crippen molar-refractivity contribution in [2.24, 2.45) is 0 Å². The lowest BCUT2D eigenvalue weighted by Gasteiger charge is -2.01. The zero-order valence-corrected chi connectivity index (χ0v) is 12.8. The number of hydrogen-bond donors (Lipinski definition) is 3. The fraction of sp³-hybridized carbons (Fsp3) is 0.562. The molecule has 0 radical (unpaired) electrons. The minimum absolute atomic E-state index is 0.0399. The zero-order valence-electron chi connectivity index (χ0n) is 12.8. The highest BCUT2D eigenvalue weighted by Crippen LogP contribution is 2.25. The predicted octanol–water partition coefficient (Wildman–Crippen LogP) is 2.87. The van der Waals surface area contributed by atoms with E-state index < -0.39 is 6.29 Å². The quantitative estimate of drug-likeness (QED) is 0.390. The molecule has 1 aromatic carbocycles. The van der Waals surface area contributed by atoms with Crippen molar-refractivity contribution in [1.82, 2.24) is 0 Å². The van der Waals surface area contributed by atoms with Crippen LogP contribution in [-0.2, 0) is 0 Å². The molecule has 1 rings (SSSR count). The molecule has 0 amide bonds. The Balaban J connectivity index is 0.000000384. The molecule has 0 saturated carbocycles. The van der Waals surface area contributed by atoms with Crippen molar-refractivity contribution in [3.8, 4) is 11.5 Å². The molecule has 5 heteroatoms. The summed E-state index contributed by atoms with van der Waals surface area (Å²) in [5, 5.41) is 26.0. The number of aliphatic hydroxyl groups excluding tert-OH is 1. The Morgan fingerprint density at radius 2 is 1.86 bits per heavy atom. The van der Waals surface area contributed by atoms with Crippen LogP contribution in [0.2, 0.25) is 0 Å². The van der Waals surface area contributed by atoms with Crippen LogP contribution in [-0.4, -0.2) is 35.0 Å². The van der Waals surface area contributed by atoms with E-state index in [0.717, 1.165) is 12.8 Å². The van der Waals surface area contributed by atoms with Crippen molar-refractivity contribution in [3.63, 3.8) is 0 Å². The molecule has 0 bridgehead atoms. The van der Waals surface area contributed by atoms with Gasteiger partial charge in [0.15, 0.2) is 17.8 Å². The third-order valence-corrected chi connectivity index (χ3v) is 2.91. The fourth-order valence-corrected chi connectivity index (χ4v) is 1.70. The molecule has 0 unspecified atom stereocenters. The molecule has 0 heterocycles. The van der Waals surface area contributed by atoms with Gasteiger partial charge in [0, 0.05) is 5.56 Å². The topological polar surface area (TPSA) is 87.0 Å². The number of methoxy groups -OCH3 is 1. The second-order valence-corrected chi connectivity index (χ2v) is 4.73. The lowest BCUT2D eigenvalue weighted by molar-refractivity contribution is -0.0466. The summed E-state index contributed by atoms with van der Waals surface area (Å²) >= 11 is 0. The van der Waals surface area contributed by atoms with Crippen LogP contribution in [0.5, 0.6) is 11.5 Å². The van der Waals surface area contributed by atoms with Crippen LogP contribution in [0.3, 0.4) is 0 Å². The fourth-order valence-electron chi connectivity index (χ4n) is 1.70. The van der Waals surface area contributed by atoms with Gasteiger partial charge in [0.25, 0.3) is 0 Å². The molecule has 0 fully saturated rings. The summed E-state index contributed by atoms with van der Waals surface area (Å²) in [4.78, 5) is 10.2. The first kappa shape index (κ1) is 19.4. The SMILES string of the molecule is CCCCCCCC(O)O.COc1cc(C=O)ccc1O. The van der Waals surface area contributed by atoms with E-state index >= 15 is 0 Å². The molecular formula is C16H26O5. The van der Waals surface area contributed by atoms with Crippen molar-refractivity contribution in [2.45, 2.75) is 51.7 Å². The van der Waals surface area contributed by atoms with Gasteiger partial charge in [-0.05, 0) is 31.0 Å². The monoisotopic (exact) mass is 298 g/mol. The number of carbonyl (C=O) groups is 1. The molecule has 0 aliphatic rings. The standard InChI is InChI=1S/C8H8O3.C8H18O2/c1-11-8-4-6(5-9)2-3-7(8)10;1-2-3-4-5-6-7-8(9)10/h2-5,10H,1H3;8-10H,2-7H2,1H3. The average molecular weight is 298 g/mol. The average Bonchev–Trinajstić information content (AvgIpc) is 2.48. The van der Waals surface area contributed by atoms with E-state index in [2.05, 4.69) is 6.92 Å². The Morgan fingerprint density at radius 1 is 1.19 bits per heavy atom. The molecule has 3 N–H and O–H groups in total. The molecule has 0 spiro atoms. The Bertz CT molecular complexity index is 390. The van der Waals surface area contributed by atoms with Crippen LogP contribution in [0.15, 0.2) is 18.2 Å². The number of ether oxygens (including phenoxy) is 1. The zero-order chi connectivity index (χ0) is 16.1. The molecule has 120 valence electrons. The van der Waals surface area contributed by atoms with E-state index in [1.54, 1.807) is 0 Å². The molecule has 0 aliphatic carbocycles. The number of aliphatic hydroxyl groups is 2. The second-order valence-electron chi connectivity index (χ2n) is 4.73. The van der Waals surface area contributed by atoms with Gasteiger partial charge in [-0.25, -0.2) is 0 Å². The number of unbranched alkanes of at least 4 members (excludes halogenated alkanes) is 4. The summed E-state index contributed by atoms with van der Waals surface area (Å²) in [6.07, 6.45) is 5.93. The number of phenolic OH excluding ortho intramolecular Hbond substituents is 1. The number of rotatable bonds is 8. The lowest BCUT2D eigenvalue weighted by atomic mass is 10.1. The first-order chi connectivity index (χ1) is 10.0. The number of phenols is 1. The molecule has 0 aromatic heterocycles. The number of hydrogen-bond acceptors (Lipinski definition) is 5. The Labute approximate surface area is 126 Å². The molecule has 5 nitrogen and oxygen atoms in total. The van der Waals surface area contributed by atoms with Gasteiger partial charge >= 0.3 is 0 Å². The van der Waals surface area contributed by atoms with Gasteiger partial charge in [-0.1, -0.05) is 32.6 Å². The number of aromatic hydroxyl groups is 1. The number of aldehydes is 1. The molecule has 0 atom stereocenters. The first-order valence-corrected chi connectivity index (χ1v) is 7.23. The van der Waals surface area contributed by atoms with Crippen LogP contribution < -0.4 is 4.74 Å². The van der Waals surface area contributed by atoms with Crippen LogP contribution in [0, 0.1) is 0 Å². The Morgan fingerprint density at radius 3 is 2.38 bits per heavy atom. The predicted molar refractivity (Wildman–Crippen MR) is 81.6 cm³/mol. The minimum atomic E-state index is -1.10. The Kier molecular flexibility index (Phi) is 11.3. The van der Waals surface area contributed by atoms with Crippen molar-refractivity contribution in [3.05, 3.63) is 23.8 Å². The van der Waals surface area contributed by atoms with E-state index in [1.807, 2.05) is 0 Å². The molecule has 1 aromatic rings. The van der Waals surface area contributed by atoms with Gasteiger partial charge in [0.05, 0.1) is 7.11 Å². The molecule has 0 aliphatic heterocycles. The van der Waals surface area contributed by atoms with Crippen molar-refractivity contribution < 1.29 is 24.9 Å². The largest absolute Gasteiger partial charge is 0.504 e. The molecular weight excluding hydrogens is 272 g/mol. The summed E-state index contributed by atoms with van der Waals surface area (Å²) < 4.78 is 4.78. The molecule has 0 saturated heterocycles. The second kappa shape index (κ2) is 12.2. The maximum Gasteiger partial charge on any atom is 0.161 e. The van der Waals surface area contributed by atoms with Crippen LogP contribution in [0.1, 0.15) is 55.8 Å². The van der Waals surface area contributed by atoms with Crippen LogP contribution in [0.25, 0.3) is 0 Å². The van der Waals surface area contributed by atoms with E-state index in [4.69, 9.17) is 20.1 Å². The third kappa shape index (κ3) is 9.87. The first-order valence-electron chi connectivity index (χ1n) is 7.23. The highest BCUT2D eigenvalue weighted by Gasteiger charge is 2.00. The van der Waals surface area contributed by atoms with Gasteiger partial charge < -0.3 is 20.1 Å². The van der Waals surface area contributed by atoms with Gasteiger partial charge in [0.1, 0.15) is 6.29 Å². The maximum atomic E-state index is 10.2. The highest BCUT2D eigenvalue weighted by atomic mass is 16.5. The van der Waals surface area contributed by atoms with E-state index in [0.29, 0.717) is 24.0 Å². The van der Waals surface area contributed by atoms with Crippen molar-refractivity contribution in [2.75, 3.05) is 7.11 Å². The number of benzene rings is 1. The maximum absolute atomic E-state index is 10.2. The summed E-state index contributed by atoms with van der Waals surface area (Å²) in [6, 6.07) is 4.41.